The molecule has 0 N–H and O–H groups in total. The quantitative estimate of drug-likeness (QED) is 0.159. The van der Waals surface area contributed by atoms with Gasteiger partial charge in [0.2, 0.25) is 0 Å². The van der Waals surface area contributed by atoms with E-state index < -0.39 is 0 Å². The van der Waals surface area contributed by atoms with Crippen LogP contribution in [-0.2, 0) is 0 Å². The van der Waals surface area contributed by atoms with Gasteiger partial charge in [-0.05, 0) is 86.0 Å². The fourth-order valence-corrected chi connectivity index (χ4v) is 7.00. The summed E-state index contributed by atoms with van der Waals surface area (Å²) in [5.74, 6) is 1.87. The second-order valence-corrected chi connectivity index (χ2v) is 13.3. The van der Waals surface area contributed by atoms with Gasteiger partial charge in [0.05, 0.1) is 0 Å². The van der Waals surface area contributed by atoms with Crippen LogP contribution in [0.2, 0.25) is 0 Å². The molecule has 1 aromatic heterocycles. The lowest BCUT2D eigenvalue weighted by Gasteiger charge is -2.14. The first-order chi connectivity index (χ1) is 26.7. The molecule has 0 fully saturated rings. The summed E-state index contributed by atoms with van der Waals surface area (Å²) in [5.41, 5.74) is 14.1. The summed E-state index contributed by atoms with van der Waals surface area (Å²) in [5, 5.41) is 0. The third-order valence-corrected chi connectivity index (χ3v) is 9.72. The summed E-state index contributed by atoms with van der Waals surface area (Å²) in [4.78, 5) is 15.6. The average molecular weight is 690 g/mol. The molecule has 3 heteroatoms. The van der Waals surface area contributed by atoms with Crippen LogP contribution in [0.5, 0.6) is 0 Å². The van der Waals surface area contributed by atoms with Crippen molar-refractivity contribution in [3.8, 4) is 89.8 Å². The van der Waals surface area contributed by atoms with E-state index in [0.29, 0.717) is 17.5 Å². The summed E-state index contributed by atoms with van der Waals surface area (Å²) < 4.78 is 0. The zero-order valence-electron chi connectivity index (χ0n) is 29.5. The largest absolute Gasteiger partial charge is 0.208 e. The Hall–Kier alpha value is -7.23. The van der Waals surface area contributed by atoms with Gasteiger partial charge in [0.15, 0.2) is 17.5 Å². The van der Waals surface area contributed by atoms with Crippen molar-refractivity contribution in [1.29, 1.82) is 0 Å². The second-order valence-electron chi connectivity index (χ2n) is 13.3. The molecule has 9 aromatic rings. The van der Waals surface area contributed by atoms with Crippen molar-refractivity contribution in [3.63, 3.8) is 0 Å². The SMILES string of the molecule is c1ccc(-c2cccc(-c3cc(-c4cccc(-c5ccccc5)c4)cc(-c4nc(-c5ccccc5)nc(-c5ccccc5-c5ccccc5)n4)c3)c2)cc1. The van der Waals surface area contributed by atoms with Gasteiger partial charge < -0.3 is 0 Å². The maximum atomic E-state index is 5.26. The Morgan fingerprint density at radius 3 is 1.00 bits per heavy atom. The summed E-state index contributed by atoms with van der Waals surface area (Å²) in [6, 6.07) is 74.2. The van der Waals surface area contributed by atoms with E-state index in [4.69, 9.17) is 15.0 Å². The Balaban J connectivity index is 1.26. The van der Waals surface area contributed by atoms with E-state index >= 15 is 0 Å². The summed E-state index contributed by atoms with van der Waals surface area (Å²) in [6.07, 6.45) is 0. The molecule has 9 rings (SSSR count). The molecule has 54 heavy (non-hydrogen) atoms. The van der Waals surface area contributed by atoms with E-state index in [1.807, 2.05) is 30.3 Å². The van der Waals surface area contributed by atoms with E-state index in [0.717, 1.165) is 61.2 Å². The van der Waals surface area contributed by atoms with Crippen molar-refractivity contribution < 1.29 is 0 Å². The first kappa shape index (κ1) is 32.7. The Labute approximate surface area is 316 Å². The Morgan fingerprint density at radius 1 is 0.185 bits per heavy atom. The van der Waals surface area contributed by atoms with Gasteiger partial charge in [0.25, 0.3) is 0 Å². The Morgan fingerprint density at radius 2 is 0.500 bits per heavy atom. The third kappa shape index (κ3) is 6.87. The molecule has 254 valence electrons. The molecule has 0 unspecified atom stereocenters. The van der Waals surface area contributed by atoms with Gasteiger partial charge in [-0.1, -0.05) is 182 Å². The van der Waals surface area contributed by atoms with Gasteiger partial charge in [-0.2, -0.15) is 0 Å². The highest BCUT2D eigenvalue weighted by Gasteiger charge is 2.17. The topological polar surface area (TPSA) is 38.7 Å². The summed E-state index contributed by atoms with van der Waals surface area (Å²) in [6.45, 7) is 0. The van der Waals surface area contributed by atoms with E-state index in [1.165, 1.54) is 11.1 Å². The number of rotatable bonds is 8. The molecular formula is C51H35N3. The molecule has 0 spiro atoms. The molecule has 0 aliphatic rings. The van der Waals surface area contributed by atoms with Crippen molar-refractivity contribution in [2.45, 2.75) is 0 Å². The molecule has 3 nitrogen and oxygen atoms in total. The molecule has 0 amide bonds. The minimum atomic E-state index is 0.614. The second kappa shape index (κ2) is 14.8. The van der Waals surface area contributed by atoms with Crippen LogP contribution >= 0.6 is 0 Å². The van der Waals surface area contributed by atoms with E-state index in [-0.39, 0.29) is 0 Å². The predicted octanol–water partition coefficient (Wildman–Crippen LogP) is 13.2. The minimum absolute atomic E-state index is 0.614. The zero-order valence-corrected chi connectivity index (χ0v) is 29.5. The van der Waals surface area contributed by atoms with Crippen molar-refractivity contribution >= 4 is 0 Å². The predicted molar refractivity (Wildman–Crippen MR) is 223 cm³/mol. The fraction of sp³-hybridized carbons (Fsp3) is 0. The number of hydrogen-bond donors (Lipinski definition) is 0. The average Bonchev–Trinajstić information content (AvgIpc) is 3.27. The smallest absolute Gasteiger partial charge is 0.164 e. The van der Waals surface area contributed by atoms with Gasteiger partial charge in [0, 0.05) is 16.7 Å². The molecule has 0 radical (unpaired) electrons. The van der Waals surface area contributed by atoms with Crippen molar-refractivity contribution in [2.75, 3.05) is 0 Å². The van der Waals surface area contributed by atoms with Crippen molar-refractivity contribution in [2.24, 2.45) is 0 Å². The maximum Gasteiger partial charge on any atom is 0.164 e. The van der Waals surface area contributed by atoms with Gasteiger partial charge in [0.1, 0.15) is 0 Å². The number of hydrogen-bond acceptors (Lipinski definition) is 3. The Kier molecular flexibility index (Phi) is 8.94. The number of aromatic nitrogens is 3. The van der Waals surface area contributed by atoms with Gasteiger partial charge in [-0.15, -0.1) is 0 Å². The van der Waals surface area contributed by atoms with Gasteiger partial charge in [-0.25, -0.2) is 15.0 Å². The first-order valence-corrected chi connectivity index (χ1v) is 18.2. The molecule has 0 aliphatic carbocycles. The minimum Gasteiger partial charge on any atom is -0.208 e. The van der Waals surface area contributed by atoms with Crippen LogP contribution in [-0.4, -0.2) is 15.0 Å². The standard InChI is InChI=1S/C51H35N3/c1-5-17-36(18-6-1)40-25-15-27-42(31-40)44-33-45(43-28-16-26-41(32-43)37-19-7-2-8-20-37)35-46(34-44)50-52-49(39-23-11-4-12-24-39)53-51(54-50)48-30-14-13-29-47(48)38-21-9-3-10-22-38/h1-35H. The summed E-state index contributed by atoms with van der Waals surface area (Å²) in [7, 11) is 0. The Bertz CT molecular complexity index is 2590. The zero-order chi connectivity index (χ0) is 36.1. The molecule has 0 aliphatic heterocycles. The molecule has 0 saturated carbocycles. The molecule has 0 bridgehead atoms. The van der Waals surface area contributed by atoms with E-state index in [9.17, 15) is 0 Å². The third-order valence-electron chi connectivity index (χ3n) is 9.72. The van der Waals surface area contributed by atoms with Gasteiger partial charge in [-0.3, -0.25) is 0 Å². The van der Waals surface area contributed by atoms with Crippen molar-refractivity contribution in [1.82, 2.24) is 15.0 Å². The van der Waals surface area contributed by atoms with Crippen LogP contribution in [0.3, 0.4) is 0 Å². The fourth-order valence-electron chi connectivity index (χ4n) is 7.00. The van der Waals surface area contributed by atoms with Crippen molar-refractivity contribution in [3.05, 3.63) is 212 Å². The highest BCUT2D eigenvalue weighted by Crippen LogP contribution is 2.37. The van der Waals surface area contributed by atoms with Crippen LogP contribution in [0, 0.1) is 0 Å². The molecule has 0 atom stereocenters. The van der Waals surface area contributed by atoms with Crippen LogP contribution < -0.4 is 0 Å². The van der Waals surface area contributed by atoms with E-state index in [1.54, 1.807) is 0 Å². The summed E-state index contributed by atoms with van der Waals surface area (Å²) >= 11 is 0. The molecule has 1 heterocycles. The highest BCUT2D eigenvalue weighted by atomic mass is 15.0. The number of nitrogens with zero attached hydrogens (tertiary/aromatic N) is 3. The van der Waals surface area contributed by atoms with Crippen LogP contribution in [0.4, 0.5) is 0 Å². The molecule has 0 saturated heterocycles. The lowest BCUT2D eigenvalue weighted by Crippen LogP contribution is -2.01. The first-order valence-electron chi connectivity index (χ1n) is 18.2. The van der Waals surface area contributed by atoms with Crippen LogP contribution in [0.15, 0.2) is 212 Å². The molecule has 8 aromatic carbocycles. The lowest BCUT2D eigenvalue weighted by molar-refractivity contribution is 1.07. The lowest BCUT2D eigenvalue weighted by atomic mass is 9.92. The van der Waals surface area contributed by atoms with Gasteiger partial charge >= 0.3 is 0 Å². The normalized spacial score (nSPS) is 11.0. The van der Waals surface area contributed by atoms with Crippen LogP contribution in [0.25, 0.3) is 89.8 Å². The maximum absolute atomic E-state index is 5.26. The highest BCUT2D eigenvalue weighted by molar-refractivity contribution is 5.85. The number of benzene rings is 8. The monoisotopic (exact) mass is 689 g/mol. The van der Waals surface area contributed by atoms with Crippen LogP contribution in [0.1, 0.15) is 0 Å². The van der Waals surface area contributed by atoms with E-state index in [2.05, 4.69) is 182 Å². The molecular weight excluding hydrogens is 655 g/mol.